The van der Waals surface area contributed by atoms with Crippen LogP contribution in [0.4, 0.5) is 0 Å². The van der Waals surface area contributed by atoms with E-state index >= 15 is 0 Å². The number of carbonyl (C=O) groups excluding carboxylic acids is 2. The number of rotatable bonds is 11. The number of esters is 1. The number of hydrogen-bond acceptors (Lipinski definition) is 7. The lowest BCUT2D eigenvalue weighted by atomic mass is 9.98. The molecule has 184 valence electrons. The van der Waals surface area contributed by atoms with Gasteiger partial charge in [-0.15, -0.1) is 0 Å². The van der Waals surface area contributed by atoms with Crippen LogP contribution in [0.1, 0.15) is 30.1 Å². The molecule has 0 aromatic heterocycles. The maximum atomic E-state index is 12.4. The highest BCUT2D eigenvalue weighted by atomic mass is 35.5. The van der Waals surface area contributed by atoms with Gasteiger partial charge in [-0.05, 0) is 55.8 Å². The van der Waals surface area contributed by atoms with Gasteiger partial charge in [0, 0.05) is 31.0 Å². The Morgan fingerprint density at radius 2 is 1.94 bits per heavy atom. The minimum absolute atomic E-state index is 0.0523. The third-order valence-corrected chi connectivity index (χ3v) is 5.69. The van der Waals surface area contributed by atoms with E-state index in [1.165, 1.54) is 6.92 Å². The summed E-state index contributed by atoms with van der Waals surface area (Å²) in [5.41, 5.74) is 0.305. The Hall–Kier alpha value is -2.81. The van der Waals surface area contributed by atoms with Gasteiger partial charge in [-0.25, -0.2) is 0 Å². The number of nitrogens with zero attached hydrogens (tertiary/aromatic N) is 1. The van der Waals surface area contributed by atoms with Gasteiger partial charge in [0.2, 0.25) is 0 Å². The Labute approximate surface area is 204 Å². The zero-order valence-corrected chi connectivity index (χ0v) is 20.0. The number of benzene rings is 2. The van der Waals surface area contributed by atoms with Crippen LogP contribution >= 0.6 is 11.6 Å². The second kappa shape index (κ2) is 13.2. The van der Waals surface area contributed by atoms with Gasteiger partial charge in [0.25, 0.3) is 5.91 Å². The second-order valence-electron chi connectivity index (χ2n) is 8.28. The summed E-state index contributed by atoms with van der Waals surface area (Å²) in [6, 6.07) is 14.1. The fourth-order valence-electron chi connectivity index (χ4n) is 3.81. The Kier molecular flexibility index (Phi) is 10.00. The van der Waals surface area contributed by atoms with Gasteiger partial charge < -0.3 is 29.5 Å². The molecule has 2 aromatic carbocycles. The molecular weight excluding hydrogens is 460 g/mol. The van der Waals surface area contributed by atoms with Crippen molar-refractivity contribution >= 4 is 23.5 Å². The Morgan fingerprint density at radius 1 is 1.18 bits per heavy atom. The molecule has 1 heterocycles. The number of nitrogens with one attached hydrogen (secondary N) is 1. The monoisotopic (exact) mass is 490 g/mol. The van der Waals surface area contributed by atoms with Crippen LogP contribution in [-0.4, -0.2) is 67.6 Å². The number of aliphatic hydroxyl groups excluding tert-OH is 1. The first-order chi connectivity index (χ1) is 16.4. The van der Waals surface area contributed by atoms with E-state index in [1.54, 1.807) is 24.3 Å². The summed E-state index contributed by atoms with van der Waals surface area (Å²) in [7, 11) is 0. The highest BCUT2D eigenvalue weighted by molar-refractivity contribution is 6.30. The van der Waals surface area contributed by atoms with Crippen molar-refractivity contribution in [3.05, 3.63) is 59.1 Å². The molecule has 1 amide bonds. The van der Waals surface area contributed by atoms with Crippen LogP contribution in [0.25, 0.3) is 0 Å². The molecule has 2 N–H and O–H groups in total. The van der Waals surface area contributed by atoms with E-state index in [4.69, 9.17) is 25.8 Å². The van der Waals surface area contributed by atoms with E-state index in [0.717, 1.165) is 31.7 Å². The summed E-state index contributed by atoms with van der Waals surface area (Å²) >= 11 is 5.92. The maximum absolute atomic E-state index is 12.4. The van der Waals surface area contributed by atoms with Gasteiger partial charge in [-0.1, -0.05) is 23.7 Å². The quantitative estimate of drug-likeness (QED) is 0.369. The average molecular weight is 491 g/mol. The molecule has 3 rings (SSSR count). The Bertz CT molecular complexity index is 939. The van der Waals surface area contributed by atoms with Crippen LogP contribution in [0, 0.1) is 5.92 Å². The SMILES string of the molecule is CC(=O)OCNC(=O)c1ccccc1OCC(O)CN1CCCC(COc2ccc(Cl)cc2)C1. The molecule has 1 aliphatic heterocycles. The Balaban J connectivity index is 1.43. The molecule has 9 heteroatoms. The summed E-state index contributed by atoms with van der Waals surface area (Å²) in [5.74, 6) is 0.620. The van der Waals surface area contributed by atoms with Crippen molar-refractivity contribution in [2.24, 2.45) is 5.92 Å². The number of likely N-dealkylation sites (tertiary alicyclic amines) is 1. The number of carbonyl (C=O) groups is 2. The van der Waals surface area contributed by atoms with Crippen molar-refractivity contribution in [2.75, 3.05) is 39.6 Å². The Morgan fingerprint density at radius 3 is 2.71 bits per heavy atom. The number of aliphatic hydroxyl groups is 1. The summed E-state index contributed by atoms with van der Waals surface area (Å²) in [4.78, 5) is 25.4. The van der Waals surface area contributed by atoms with Crippen molar-refractivity contribution in [3.8, 4) is 11.5 Å². The third kappa shape index (κ3) is 8.52. The first-order valence-electron chi connectivity index (χ1n) is 11.3. The molecule has 0 spiro atoms. The second-order valence-corrected chi connectivity index (χ2v) is 8.72. The average Bonchev–Trinajstić information content (AvgIpc) is 2.82. The zero-order valence-electron chi connectivity index (χ0n) is 19.2. The van der Waals surface area contributed by atoms with Gasteiger partial charge in [0.05, 0.1) is 12.2 Å². The standard InChI is InChI=1S/C25H31ClN2O6/c1-18(29)34-17-27-25(31)23-6-2-3-7-24(23)33-16-21(30)14-28-12-4-5-19(13-28)15-32-22-10-8-20(26)9-11-22/h2-3,6-11,19,21,30H,4-5,12-17H2,1H3,(H,27,31). The summed E-state index contributed by atoms with van der Waals surface area (Å²) < 4.78 is 16.4. The minimum atomic E-state index is -0.715. The molecule has 0 saturated carbocycles. The number of ether oxygens (including phenoxy) is 3. The fraction of sp³-hybridized carbons (Fsp3) is 0.440. The number of halogens is 1. The molecule has 1 saturated heterocycles. The van der Waals surface area contributed by atoms with Crippen molar-refractivity contribution in [1.29, 1.82) is 0 Å². The molecule has 2 atom stereocenters. The molecule has 2 unspecified atom stereocenters. The van der Waals surface area contributed by atoms with Crippen LogP contribution in [0.5, 0.6) is 11.5 Å². The normalized spacial score (nSPS) is 17.0. The number of para-hydroxylation sites is 1. The minimum Gasteiger partial charge on any atom is -0.493 e. The van der Waals surface area contributed by atoms with Gasteiger partial charge in [0.1, 0.15) is 24.2 Å². The predicted octanol–water partition coefficient (Wildman–Crippen LogP) is 3.12. The maximum Gasteiger partial charge on any atom is 0.304 e. The smallest absolute Gasteiger partial charge is 0.304 e. The van der Waals surface area contributed by atoms with Gasteiger partial charge >= 0.3 is 5.97 Å². The van der Waals surface area contributed by atoms with Gasteiger partial charge in [-0.2, -0.15) is 0 Å². The first-order valence-corrected chi connectivity index (χ1v) is 11.7. The first kappa shape index (κ1) is 25.8. The lowest BCUT2D eigenvalue weighted by Crippen LogP contribution is -2.43. The number of piperidine rings is 1. The molecule has 0 radical (unpaired) electrons. The van der Waals surface area contributed by atoms with Crippen LogP contribution in [-0.2, 0) is 9.53 Å². The summed E-state index contributed by atoms with van der Waals surface area (Å²) in [6.45, 7) is 3.92. The third-order valence-electron chi connectivity index (χ3n) is 5.44. The van der Waals surface area contributed by atoms with Crippen LogP contribution in [0.2, 0.25) is 5.02 Å². The van der Waals surface area contributed by atoms with Crippen molar-refractivity contribution in [1.82, 2.24) is 10.2 Å². The predicted molar refractivity (Wildman–Crippen MR) is 128 cm³/mol. The lowest BCUT2D eigenvalue weighted by molar-refractivity contribution is -0.141. The van der Waals surface area contributed by atoms with E-state index in [-0.39, 0.29) is 13.3 Å². The van der Waals surface area contributed by atoms with Crippen molar-refractivity contribution in [3.63, 3.8) is 0 Å². The number of β-amino-alcohol motifs (C(OH)–C–C–N with tert-alkyl or cyclic N) is 1. The van der Waals surface area contributed by atoms with E-state index in [9.17, 15) is 14.7 Å². The van der Waals surface area contributed by atoms with Crippen LogP contribution in [0.3, 0.4) is 0 Å². The highest BCUT2D eigenvalue weighted by Gasteiger charge is 2.23. The highest BCUT2D eigenvalue weighted by Crippen LogP contribution is 2.21. The largest absolute Gasteiger partial charge is 0.493 e. The van der Waals surface area contributed by atoms with Gasteiger partial charge in [-0.3, -0.25) is 9.59 Å². The molecule has 8 nitrogen and oxygen atoms in total. The molecule has 1 aliphatic rings. The number of hydrogen-bond donors (Lipinski definition) is 2. The fourth-order valence-corrected chi connectivity index (χ4v) is 3.94. The van der Waals surface area contributed by atoms with E-state index in [1.807, 2.05) is 24.3 Å². The molecular formula is C25H31ClN2O6. The summed E-state index contributed by atoms with van der Waals surface area (Å²) in [6.07, 6.45) is 1.40. The van der Waals surface area contributed by atoms with E-state index in [2.05, 4.69) is 10.2 Å². The molecule has 1 fully saturated rings. The van der Waals surface area contributed by atoms with Gasteiger partial charge in [0.15, 0.2) is 6.73 Å². The lowest BCUT2D eigenvalue weighted by Gasteiger charge is -2.33. The molecule has 0 bridgehead atoms. The topological polar surface area (TPSA) is 97.3 Å². The van der Waals surface area contributed by atoms with E-state index in [0.29, 0.717) is 35.4 Å². The zero-order chi connectivity index (χ0) is 24.3. The van der Waals surface area contributed by atoms with Crippen LogP contribution in [0.15, 0.2) is 48.5 Å². The van der Waals surface area contributed by atoms with Crippen LogP contribution < -0.4 is 14.8 Å². The van der Waals surface area contributed by atoms with Crippen molar-refractivity contribution in [2.45, 2.75) is 25.9 Å². The summed E-state index contributed by atoms with van der Waals surface area (Å²) in [5, 5.41) is 13.7. The molecule has 0 aliphatic carbocycles. The van der Waals surface area contributed by atoms with Crippen molar-refractivity contribution < 1.29 is 28.9 Å². The molecule has 2 aromatic rings. The number of amides is 1. The molecule has 34 heavy (non-hydrogen) atoms. The van der Waals surface area contributed by atoms with E-state index < -0.39 is 18.0 Å².